The molecule has 1 heterocycles. The number of hydrogen-bond acceptors (Lipinski definition) is 4. The summed E-state index contributed by atoms with van der Waals surface area (Å²) in [6.07, 6.45) is 5.36. The van der Waals surface area contributed by atoms with Crippen molar-refractivity contribution in [2.75, 3.05) is 22.1 Å². The summed E-state index contributed by atoms with van der Waals surface area (Å²) in [7, 11) is 0. The summed E-state index contributed by atoms with van der Waals surface area (Å²) in [5.74, 6) is -0.0249. The van der Waals surface area contributed by atoms with Crippen LogP contribution in [0.4, 0.5) is 21.9 Å². The van der Waals surface area contributed by atoms with Gasteiger partial charge in [0.05, 0.1) is 17.1 Å². The highest BCUT2D eigenvalue weighted by molar-refractivity contribution is 6.02. The third-order valence-corrected chi connectivity index (χ3v) is 6.30. The fraction of sp³-hybridized carbons (Fsp3) is 0.680. The lowest BCUT2D eigenvalue weighted by atomic mass is 9.93. The SMILES string of the molecule is Cc1c2c(c(NC(=O)C(C)(C)C)c(C)c1NC(=O)OC(C)(C)C)N(C1CCCC1)CC2. The van der Waals surface area contributed by atoms with E-state index >= 15 is 0 Å². The molecule has 31 heavy (non-hydrogen) atoms. The number of nitrogens with zero attached hydrogens (tertiary/aromatic N) is 1. The Hall–Kier alpha value is -2.24. The number of nitrogens with one attached hydrogen (secondary N) is 2. The third kappa shape index (κ3) is 4.99. The zero-order valence-electron chi connectivity index (χ0n) is 20.5. The van der Waals surface area contributed by atoms with Gasteiger partial charge in [-0.05, 0) is 70.6 Å². The van der Waals surface area contributed by atoms with Gasteiger partial charge in [0.1, 0.15) is 5.60 Å². The van der Waals surface area contributed by atoms with Gasteiger partial charge in [0.25, 0.3) is 0 Å². The first-order valence-corrected chi connectivity index (χ1v) is 11.5. The van der Waals surface area contributed by atoms with Crippen molar-refractivity contribution >= 4 is 29.1 Å². The number of amides is 2. The minimum absolute atomic E-state index is 0.0249. The summed E-state index contributed by atoms with van der Waals surface area (Å²) in [5.41, 5.74) is 4.78. The standard InChI is InChI=1S/C25H39N3O3/c1-15-18-13-14-28(17-11-9-10-12-17)21(18)20(26-22(29)24(3,4)5)16(2)19(15)27-23(30)31-25(6,7)8/h17H,9-14H2,1-8H3,(H,26,29)(H,27,30). The van der Waals surface area contributed by atoms with Crippen molar-refractivity contribution in [3.05, 3.63) is 16.7 Å². The van der Waals surface area contributed by atoms with Crippen LogP contribution in [0.1, 0.15) is 83.9 Å². The molecule has 172 valence electrons. The Kier molecular flexibility index (Phi) is 6.32. The number of anilines is 3. The lowest BCUT2D eigenvalue weighted by Gasteiger charge is -2.32. The molecular weight excluding hydrogens is 390 g/mol. The van der Waals surface area contributed by atoms with Crippen molar-refractivity contribution in [1.29, 1.82) is 0 Å². The summed E-state index contributed by atoms with van der Waals surface area (Å²) in [5, 5.41) is 6.19. The number of carbonyl (C=O) groups is 2. The monoisotopic (exact) mass is 429 g/mol. The Morgan fingerprint density at radius 1 is 0.935 bits per heavy atom. The van der Waals surface area contributed by atoms with Gasteiger partial charge >= 0.3 is 6.09 Å². The molecule has 0 unspecified atom stereocenters. The molecule has 0 spiro atoms. The Balaban J connectivity index is 2.08. The molecule has 0 atom stereocenters. The second kappa shape index (κ2) is 8.36. The number of carbonyl (C=O) groups excluding carboxylic acids is 2. The molecule has 1 saturated carbocycles. The van der Waals surface area contributed by atoms with Gasteiger partial charge in [0, 0.05) is 18.0 Å². The van der Waals surface area contributed by atoms with Crippen LogP contribution in [-0.4, -0.2) is 30.2 Å². The average molecular weight is 430 g/mol. The van der Waals surface area contributed by atoms with E-state index in [0.29, 0.717) is 6.04 Å². The Labute approximate surface area is 187 Å². The summed E-state index contributed by atoms with van der Waals surface area (Å²) < 4.78 is 5.50. The molecule has 3 rings (SSSR count). The molecule has 1 aromatic carbocycles. The Morgan fingerprint density at radius 3 is 2.10 bits per heavy atom. The van der Waals surface area contributed by atoms with E-state index in [1.807, 2.05) is 48.5 Å². The van der Waals surface area contributed by atoms with E-state index in [1.165, 1.54) is 31.2 Å². The number of fused-ring (bicyclic) bond motifs is 1. The Bertz CT molecular complexity index is 872. The second-order valence-electron chi connectivity index (χ2n) is 11.0. The van der Waals surface area contributed by atoms with Crippen molar-refractivity contribution in [3.8, 4) is 0 Å². The summed E-state index contributed by atoms with van der Waals surface area (Å²) in [6, 6.07) is 0.523. The van der Waals surface area contributed by atoms with Crippen LogP contribution in [0, 0.1) is 19.3 Å². The summed E-state index contributed by atoms with van der Waals surface area (Å²) in [4.78, 5) is 28.0. The highest BCUT2D eigenvalue weighted by atomic mass is 16.6. The van der Waals surface area contributed by atoms with Crippen molar-refractivity contribution in [1.82, 2.24) is 0 Å². The van der Waals surface area contributed by atoms with Crippen molar-refractivity contribution in [2.24, 2.45) is 5.41 Å². The molecule has 2 aliphatic rings. The van der Waals surface area contributed by atoms with Crippen molar-refractivity contribution in [2.45, 2.75) is 99.1 Å². The molecule has 1 aliphatic heterocycles. The molecule has 0 saturated heterocycles. The van der Waals surface area contributed by atoms with Gasteiger partial charge in [-0.2, -0.15) is 0 Å². The van der Waals surface area contributed by atoms with Crippen LogP contribution < -0.4 is 15.5 Å². The van der Waals surface area contributed by atoms with Crippen LogP contribution >= 0.6 is 0 Å². The predicted molar refractivity (Wildman–Crippen MR) is 127 cm³/mol. The normalized spacial score (nSPS) is 17.0. The fourth-order valence-corrected chi connectivity index (χ4v) is 4.66. The Morgan fingerprint density at radius 2 is 1.55 bits per heavy atom. The van der Waals surface area contributed by atoms with Crippen LogP contribution in [0.15, 0.2) is 0 Å². The number of rotatable bonds is 3. The van der Waals surface area contributed by atoms with E-state index in [0.717, 1.165) is 41.2 Å². The van der Waals surface area contributed by atoms with Crippen LogP contribution in [0.2, 0.25) is 0 Å². The highest BCUT2D eigenvalue weighted by Gasteiger charge is 2.35. The molecule has 6 heteroatoms. The molecule has 0 radical (unpaired) electrons. The first-order valence-electron chi connectivity index (χ1n) is 11.5. The third-order valence-electron chi connectivity index (χ3n) is 6.30. The lowest BCUT2D eigenvalue weighted by Crippen LogP contribution is -2.34. The van der Waals surface area contributed by atoms with Gasteiger partial charge in [-0.1, -0.05) is 33.6 Å². The van der Waals surface area contributed by atoms with E-state index in [9.17, 15) is 9.59 Å². The quantitative estimate of drug-likeness (QED) is 0.624. The summed E-state index contributed by atoms with van der Waals surface area (Å²) in [6.45, 7) is 16.3. The van der Waals surface area contributed by atoms with Gasteiger partial charge in [-0.25, -0.2) is 4.79 Å². The minimum Gasteiger partial charge on any atom is -0.444 e. The number of ether oxygens (including phenoxy) is 1. The van der Waals surface area contributed by atoms with Crippen molar-refractivity contribution < 1.29 is 14.3 Å². The van der Waals surface area contributed by atoms with Crippen LogP contribution in [0.5, 0.6) is 0 Å². The molecular formula is C25H39N3O3. The van der Waals surface area contributed by atoms with Gasteiger partial charge in [-0.3, -0.25) is 10.1 Å². The maximum absolute atomic E-state index is 13.0. The molecule has 0 aromatic heterocycles. The maximum Gasteiger partial charge on any atom is 0.412 e. The first-order chi connectivity index (χ1) is 14.3. The van der Waals surface area contributed by atoms with E-state index in [-0.39, 0.29) is 5.91 Å². The maximum atomic E-state index is 13.0. The molecule has 1 aromatic rings. The zero-order chi connectivity index (χ0) is 23.1. The largest absolute Gasteiger partial charge is 0.444 e. The lowest BCUT2D eigenvalue weighted by molar-refractivity contribution is -0.123. The molecule has 0 bridgehead atoms. The molecule has 6 nitrogen and oxygen atoms in total. The molecule has 1 fully saturated rings. The van der Waals surface area contributed by atoms with Gasteiger partial charge in [0.2, 0.25) is 5.91 Å². The van der Waals surface area contributed by atoms with E-state index in [2.05, 4.69) is 22.5 Å². The molecule has 2 amide bonds. The fourth-order valence-electron chi connectivity index (χ4n) is 4.66. The number of benzene rings is 1. The smallest absolute Gasteiger partial charge is 0.412 e. The topological polar surface area (TPSA) is 70.7 Å². The van der Waals surface area contributed by atoms with Gasteiger partial charge in [0.15, 0.2) is 0 Å². The molecule has 1 aliphatic carbocycles. The van der Waals surface area contributed by atoms with E-state index in [1.54, 1.807) is 0 Å². The first kappa shape index (κ1) is 23.4. The molecule has 2 N–H and O–H groups in total. The second-order valence-corrected chi connectivity index (χ2v) is 11.0. The van der Waals surface area contributed by atoms with Crippen molar-refractivity contribution in [3.63, 3.8) is 0 Å². The number of hydrogen-bond donors (Lipinski definition) is 2. The predicted octanol–water partition coefficient (Wildman–Crippen LogP) is 5.94. The van der Waals surface area contributed by atoms with Crippen LogP contribution in [0.3, 0.4) is 0 Å². The minimum atomic E-state index is -0.578. The summed E-state index contributed by atoms with van der Waals surface area (Å²) >= 11 is 0. The van der Waals surface area contributed by atoms with E-state index in [4.69, 9.17) is 4.74 Å². The van der Waals surface area contributed by atoms with Crippen LogP contribution in [0.25, 0.3) is 0 Å². The highest BCUT2D eigenvalue weighted by Crippen LogP contribution is 2.47. The van der Waals surface area contributed by atoms with Gasteiger partial charge in [-0.15, -0.1) is 0 Å². The average Bonchev–Trinajstić information content (AvgIpc) is 3.28. The van der Waals surface area contributed by atoms with Crippen LogP contribution in [-0.2, 0) is 16.0 Å². The zero-order valence-corrected chi connectivity index (χ0v) is 20.5. The van der Waals surface area contributed by atoms with Gasteiger partial charge < -0.3 is 15.0 Å². The van der Waals surface area contributed by atoms with E-state index < -0.39 is 17.1 Å².